The van der Waals surface area contributed by atoms with E-state index in [2.05, 4.69) is 10.6 Å². The van der Waals surface area contributed by atoms with Gasteiger partial charge in [-0.05, 0) is 24.3 Å². The van der Waals surface area contributed by atoms with Crippen molar-refractivity contribution in [3.63, 3.8) is 0 Å². The molecule has 0 spiro atoms. The van der Waals surface area contributed by atoms with E-state index in [-0.39, 0.29) is 25.0 Å². The van der Waals surface area contributed by atoms with Crippen molar-refractivity contribution >= 4 is 11.8 Å². The van der Waals surface area contributed by atoms with Gasteiger partial charge in [-0.15, -0.1) is 0 Å². The minimum atomic E-state index is -0.352. The number of hydrogen-bond donors (Lipinski definition) is 2. The fourth-order valence-electron chi connectivity index (χ4n) is 1.14. The predicted molar refractivity (Wildman–Crippen MR) is 65.6 cm³/mol. The highest BCUT2D eigenvalue weighted by molar-refractivity contribution is 5.85. The molecule has 0 saturated heterocycles. The fourth-order valence-corrected chi connectivity index (χ4v) is 1.14. The Balaban J connectivity index is 2.31. The number of amides is 2. The third-order valence-corrected chi connectivity index (χ3v) is 2.15. The van der Waals surface area contributed by atoms with Crippen LogP contribution in [0.4, 0.5) is 0 Å². The van der Waals surface area contributed by atoms with Gasteiger partial charge in [0.05, 0.1) is 13.7 Å². The summed E-state index contributed by atoms with van der Waals surface area (Å²) in [5.74, 6) is 0.666. The molecule has 1 aromatic carbocycles. The number of carbonyl (C=O) groups excluding carboxylic acids is 2. The van der Waals surface area contributed by atoms with Gasteiger partial charge in [0.15, 0.2) is 6.61 Å². The second-order valence-corrected chi connectivity index (χ2v) is 3.41. The van der Waals surface area contributed by atoms with E-state index in [1.54, 1.807) is 31.4 Å². The zero-order valence-electron chi connectivity index (χ0n) is 10.4. The highest BCUT2D eigenvalue weighted by Gasteiger charge is 2.04. The Labute approximate surface area is 105 Å². The monoisotopic (exact) mass is 252 g/mol. The Kier molecular flexibility index (Phi) is 5.50. The van der Waals surface area contributed by atoms with Crippen LogP contribution in [0.3, 0.4) is 0 Å². The third kappa shape index (κ3) is 4.73. The van der Waals surface area contributed by atoms with Crippen LogP contribution in [0.25, 0.3) is 0 Å². The maximum Gasteiger partial charge on any atom is 0.258 e. The molecule has 2 N–H and O–H groups in total. The van der Waals surface area contributed by atoms with Crippen LogP contribution >= 0.6 is 0 Å². The largest absolute Gasteiger partial charge is 0.497 e. The number of hydrogen-bond acceptors (Lipinski definition) is 4. The van der Waals surface area contributed by atoms with Gasteiger partial charge in [0.25, 0.3) is 5.91 Å². The van der Waals surface area contributed by atoms with Crippen LogP contribution in [0.2, 0.25) is 0 Å². The molecule has 0 atom stereocenters. The summed E-state index contributed by atoms with van der Waals surface area (Å²) in [5.41, 5.74) is 0. The van der Waals surface area contributed by atoms with Gasteiger partial charge < -0.3 is 20.1 Å². The SMILES string of the molecule is CNC(=O)CNC(=O)COc1ccc(OC)cc1. The maximum atomic E-state index is 11.3. The first-order chi connectivity index (χ1) is 8.65. The average molecular weight is 252 g/mol. The fraction of sp³-hybridized carbons (Fsp3) is 0.333. The van der Waals surface area contributed by atoms with Crippen LogP contribution in [-0.4, -0.2) is 39.1 Å². The van der Waals surface area contributed by atoms with E-state index >= 15 is 0 Å². The Hall–Kier alpha value is -2.24. The normalized spacial score (nSPS) is 9.44. The minimum Gasteiger partial charge on any atom is -0.497 e. The molecule has 6 nitrogen and oxygen atoms in total. The van der Waals surface area contributed by atoms with Crippen LogP contribution in [0.15, 0.2) is 24.3 Å². The number of benzene rings is 1. The van der Waals surface area contributed by atoms with Crippen molar-refractivity contribution in [1.82, 2.24) is 10.6 Å². The summed E-state index contributed by atoms with van der Waals surface area (Å²) in [5, 5.41) is 4.82. The molecule has 0 heterocycles. The van der Waals surface area contributed by atoms with Gasteiger partial charge in [-0.3, -0.25) is 9.59 Å². The summed E-state index contributed by atoms with van der Waals surface area (Å²) in [6.07, 6.45) is 0. The zero-order valence-corrected chi connectivity index (χ0v) is 10.4. The number of nitrogens with one attached hydrogen (secondary N) is 2. The first kappa shape index (κ1) is 13.8. The Morgan fingerprint density at radius 1 is 1.11 bits per heavy atom. The molecule has 1 rings (SSSR count). The van der Waals surface area contributed by atoms with Crippen molar-refractivity contribution in [2.24, 2.45) is 0 Å². The molecule has 0 fully saturated rings. The number of likely N-dealkylation sites (N-methyl/N-ethyl adjacent to an activating group) is 1. The van der Waals surface area contributed by atoms with Gasteiger partial charge in [-0.2, -0.15) is 0 Å². The smallest absolute Gasteiger partial charge is 0.258 e. The van der Waals surface area contributed by atoms with Gasteiger partial charge in [-0.25, -0.2) is 0 Å². The topological polar surface area (TPSA) is 76.7 Å². The first-order valence-electron chi connectivity index (χ1n) is 5.40. The van der Waals surface area contributed by atoms with Gasteiger partial charge in [0.2, 0.25) is 5.91 Å². The van der Waals surface area contributed by atoms with Gasteiger partial charge in [-0.1, -0.05) is 0 Å². The van der Waals surface area contributed by atoms with Crippen molar-refractivity contribution in [3.8, 4) is 11.5 Å². The van der Waals surface area contributed by atoms with E-state index in [4.69, 9.17) is 9.47 Å². The predicted octanol–water partition coefficient (Wildman–Crippen LogP) is -0.0638. The van der Waals surface area contributed by atoms with E-state index in [0.717, 1.165) is 0 Å². The average Bonchev–Trinajstić information content (AvgIpc) is 2.42. The lowest BCUT2D eigenvalue weighted by molar-refractivity contribution is -0.127. The van der Waals surface area contributed by atoms with Gasteiger partial charge in [0.1, 0.15) is 11.5 Å². The van der Waals surface area contributed by atoms with Crippen LogP contribution in [0, 0.1) is 0 Å². The van der Waals surface area contributed by atoms with Gasteiger partial charge in [0, 0.05) is 7.05 Å². The molecule has 0 aromatic heterocycles. The van der Waals surface area contributed by atoms with E-state index in [1.807, 2.05) is 0 Å². The molecule has 0 aliphatic rings. The summed E-state index contributed by atoms with van der Waals surface area (Å²) in [7, 11) is 3.07. The molecular weight excluding hydrogens is 236 g/mol. The van der Waals surface area contributed by atoms with Crippen LogP contribution in [0.5, 0.6) is 11.5 Å². The first-order valence-corrected chi connectivity index (χ1v) is 5.40. The van der Waals surface area contributed by atoms with Crippen molar-refractivity contribution in [2.45, 2.75) is 0 Å². The molecule has 0 aliphatic heterocycles. The molecule has 0 unspecified atom stereocenters. The van der Waals surface area contributed by atoms with E-state index in [1.165, 1.54) is 7.05 Å². The lowest BCUT2D eigenvalue weighted by Gasteiger charge is -2.07. The Morgan fingerprint density at radius 3 is 2.28 bits per heavy atom. The molecule has 1 aromatic rings. The van der Waals surface area contributed by atoms with Crippen molar-refractivity contribution < 1.29 is 19.1 Å². The molecule has 18 heavy (non-hydrogen) atoms. The van der Waals surface area contributed by atoms with Crippen LogP contribution in [-0.2, 0) is 9.59 Å². The number of rotatable bonds is 6. The van der Waals surface area contributed by atoms with Crippen LogP contribution < -0.4 is 20.1 Å². The van der Waals surface area contributed by atoms with Crippen molar-refractivity contribution in [3.05, 3.63) is 24.3 Å². The summed E-state index contributed by atoms with van der Waals surface area (Å²) in [6, 6.07) is 6.87. The molecule has 0 saturated carbocycles. The summed E-state index contributed by atoms with van der Waals surface area (Å²) < 4.78 is 10.2. The van der Waals surface area contributed by atoms with Crippen molar-refractivity contribution in [2.75, 3.05) is 27.3 Å². The lowest BCUT2D eigenvalue weighted by Crippen LogP contribution is -2.37. The highest BCUT2D eigenvalue weighted by Crippen LogP contribution is 2.16. The number of ether oxygens (including phenoxy) is 2. The zero-order chi connectivity index (χ0) is 13.4. The number of carbonyl (C=O) groups is 2. The highest BCUT2D eigenvalue weighted by atomic mass is 16.5. The molecule has 2 amide bonds. The number of methoxy groups -OCH3 is 1. The molecule has 0 radical (unpaired) electrons. The molecular formula is C12H16N2O4. The van der Waals surface area contributed by atoms with Gasteiger partial charge >= 0.3 is 0 Å². The second kappa shape index (κ2) is 7.16. The molecule has 98 valence electrons. The van der Waals surface area contributed by atoms with E-state index < -0.39 is 0 Å². The minimum absolute atomic E-state index is 0.0543. The lowest BCUT2D eigenvalue weighted by atomic mass is 10.3. The van der Waals surface area contributed by atoms with E-state index in [0.29, 0.717) is 11.5 Å². The standard InChI is InChI=1S/C12H16N2O4/c1-13-11(15)7-14-12(16)8-18-10-5-3-9(17-2)4-6-10/h3-6H,7-8H2,1-2H3,(H,13,15)(H,14,16). The molecule has 6 heteroatoms. The third-order valence-electron chi connectivity index (χ3n) is 2.15. The molecule has 0 aliphatic carbocycles. The molecule has 0 bridgehead atoms. The summed E-state index contributed by atoms with van der Waals surface area (Å²) in [4.78, 5) is 22.2. The van der Waals surface area contributed by atoms with E-state index in [9.17, 15) is 9.59 Å². The summed E-state index contributed by atoms with van der Waals surface area (Å²) >= 11 is 0. The maximum absolute atomic E-state index is 11.3. The quantitative estimate of drug-likeness (QED) is 0.743. The van der Waals surface area contributed by atoms with Crippen LogP contribution in [0.1, 0.15) is 0 Å². The van der Waals surface area contributed by atoms with Crippen molar-refractivity contribution in [1.29, 1.82) is 0 Å². The Bertz CT molecular complexity index is 403. The second-order valence-electron chi connectivity index (χ2n) is 3.41. The Morgan fingerprint density at radius 2 is 1.72 bits per heavy atom. The summed E-state index contributed by atoms with van der Waals surface area (Å²) in [6.45, 7) is -0.190.